The Labute approximate surface area is 96.8 Å². The van der Waals surface area contributed by atoms with Crippen molar-refractivity contribution in [3.8, 4) is 11.5 Å². The van der Waals surface area contributed by atoms with Crippen LogP contribution in [0.25, 0.3) is 0 Å². The molecule has 0 saturated heterocycles. The Morgan fingerprint density at radius 1 is 1.44 bits per heavy atom. The molecule has 0 aromatic heterocycles. The van der Waals surface area contributed by atoms with Crippen LogP contribution in [-0.2, 0) is 0 Å². The lowest BCUT2D eigenvalue weighted by Crippen LogP contribution is -2.15. The minimum absolute atomic E-state index is 0.367. The minimum Gasteiger partial charge on any atom is -0.493 e. The Balaban J connectivity index is 2.51. The van der Waals surface area contributed by atoms with Gasteiger partial charge in [-0.2, -0.15) is 0 Å². The fourth-order valence-corrected chi connectivity index (χ4v) is 2.25. The van der Waals surface area contributed by atoms with Crippen LogP contribution in [0, 0.1) is 6.92 Å². The highest BCUT2D eigenvalue weighted by Gasteiger charge is 2.21. The van der Waals surface area contributed by atoms with E-state index in [1.54, 1.807) is 7.11 Å². The highest BCUT2D eigenvalue weighted by molar-refractivity contribution is 5.51. The molecule has 1 aliphatic heterocycles. The number of methoxy groups -OCH3 is 1. The Bertz CT molecular complexity index is 376. The lowest BCUT2D eigenvalue weighted by atomic mass is 10.00. The van der Waals surface area contributed by atoms with E-state index in [4.69, 9.17) is 9.47 Å². The third-order valence-corrected chi connectivity index (χ3v) is 3.06. The van der Waals surface area contributed by atoms with E-state index in [-0.39, 0.29) is 0 Å². The van der Waals surface area contributed by atoms with Crippen molar-refractivity contribution in [2.45, 2.75) is 25.8 Å². The van der Waals surface area contributed by atoms with E-state index in [1.165, 1.54) is 11.1 Å². The van der Waals surface area contributed by atoms with Crippen LogP contribution in [0.5, 0.6) is 11.5 Å². The molecule has 1 N–H and O–H groups in total. The fourth-order valence-electron chi connectivity index (χ4n) is 2.25. The number of aryl methyl sites for hydroxylation is 1. The van der Waals surface area contributed by atoms with Crippen molar-refractivity contribution in [2.24, 2.45) is 0 Å². The molecule has 0 aliphatic carbocycles. The maximum Gasteiger partial charge on any atom is 0.165 e. The maximum absolute atomic E-state index is 5.79. The number of nitrogens with one attached hydrogen (secondary N) is 1. The first-order chi connectivity index (χ1) is 7.76. The third-order valence-electron chi connectivity index (χ3n) is 3.06. The zero-order valence-corrected chi connectivity index (χ0v) is 10.2. The second-order valence-corrected chi connectivity index (χ2v) is 4.22. The number of rotatable bonds is 2. The van der Waals surface area contributed by atoms with Gasteiger partial charge in [0.1, 0.15) is 0 Å². The molecular weight excluding hydrogens is 202 g/mol. The first-order valence-corrected chi connectivity index (χ1v) is 5.75. The van der Waals surface area contributed by atoms with Crippen molar-refractivity contribution in [2.75, 3.05) is 20.8 Å². The summed E-state index contributed by atoms with van der Waals surface area (Å²) in [6.45, 7) is 2.85. The molecule has 1 aromatic rings. The predicted octanol–water partition coefficient (Wildman–Crippen LogP) is 2.44. The summed E-state index contributed by atoms with van der Waals surface area (Å²) in [5.41, 5.74) is 2.43. The van der Waals surface area contributed by atoms with Crippen LogP contribution in [-0.4, -0.2) is 20.8 Å². The highest BCUT2D eigenvalue weighted by Crippen LogP contribution is 2.39. The lowest BCUT2D eigenvalue weighted by Gasteiger charge is -2.18. The van der Waals surface area contributed by atoms with Crippen LogP contribution < -0.4 is 14.8 Å². The monoisotopic (exact) mass is 221 g/mol. The van der Waals surface area contributed by atoms with E-state index in [2.05, 4.69) is 18.3 Å². The molecule has 0 bridgehead atoms. The molecule has 0 amide bonds. The quantitative estimate of drug-likeness (QED) is 0.832. The molecule has 2 rings (SSSR count). The topological polar surface area (TPSA) is 30.5 Å². The van der Waals surface area contributed by atoms with Crippen LogP contribution in [0.1, 0.15) is 30.0 Å². The second-order valence-electron chi connectivity index (χ2n) is 4.22. The molecular formula is C13H19NO2. The molecule has 0 saturated carbocycles. The predicted molar refractivity (Wildman–Crippen MR) is 64.3 cm³/mol. The van der Waals surface area contributed by atoms with Gasteiger partial charge >= 0.3 is 0 Å². The zero-order valence-electron chi connectivity index (χ0n) is 10.2. The molecule has 0 spiro atoms. The number of ether oxygens (including phenoxy) is 2. The van der Waals surface area contributed by atoms with Gasteiger partial charge in [-0.1, -0.05) is 6.07 Å². The number of benzene rings is 1. The molecule has 3 nitrogen and oxygen atoms in total. The van der Waals surface area contributed by atoms with Crippen LogP contribution in [0.15, 0.2) is 12.1 Å². The van der Waals surface area contributed by atoms with Gasteiger partial charge in [-0.15, -0.1) is 0 Å². The summed E-state index contributed by atoms with van der Waals surface area (Å²) in [6.07, 6.45) is 2.18. The Hall–Kier alpha value is -1.22. The van der Waals surface area contributed by atoms with Crippen molar-refractivity contribution in [1.29, 1.82) is 0 Å². The molecule has 1 atom stereocenters. The van der Waals surface area contributed by atoms with E-state index in [0.29, 0.717) is 6.04 Å². The molecule has 88 valence electrons. The van der Waals surface area contributed by atoms with Gasteiger partial charge in [0.25, 0.3) is 0 Å². The summed E-state index contributed by atoms with van der Waals surface area (Å²) in [5.74, 6) is 1.75. The van der Waals surface area contributed by atoms with E-state index < -0.39 is 0 Å². The number of hydrogen-bond donors (Lipinski definition) is 1. The third kappa shape index (κ3) is 2.00. The standard InChI is InChI=1S/C13H19NO2/c1-9-7-10-11(14-2)5-4-6-16-13(10)12(8-9)15-3/h7-8,11,14H,4-6H2,1-3H3. The van der Waals surface area contributed by atoms with Gasteiger partial charge in [0, 0.05) is 11.6 Å². The van der Waals surface area contributed by atoms with Crippen molar-refractivity contribution >= 4 is 0 Å². The number of fused-ring (bicyclic) bond motifs is 1. The van der Waals surface area contributed by atoms with Gasteiger partial charge < -0.3 is 14.8 Å². The fraction of sp³-hybridized carbons (Fsp3) is 0.538. The van der Waals surface area contributed by atoms with Gasteiger partial charge in [0.15, 0.2) is 11.5 Å². The largest absolute Gasteiger partial charge is 0.493 e. The summed E-state index contributed by atoms with van der Waals surface area (Å²) >= 11 is 0. The molecule has 16 heavy (non-hydrogen) atoms. The van der Waals surface area contributed by atoms with E-state index >= 15 is 0 Å². The van der Waals surface area contributed by atoms with Crippen molar-refractivity contribution in [3.05, 3.63) is 23.3 Å². The van der Waals surface area contributed by atoms with Gasteiger partial charge in [-0.3, -0.25) is 0 Å². The highest BCUT2D eigenvalue weighted by atomic mass is 16.5. The summed E-state index contributed by atoms with van der Waals surface area (Å²) < 4.78 is 11.2. The summed E-state index contributed by atoms with van der Waals surface area (Å²) in [6, 6.07) is 4.58. The number of hydrogen-bond acceptors (Lipinski definition) is 3. The van der Waals surface area contributed by atoms with Gasteiger partial charge in [0.05, 0.1) is 13.7 Å². The SMILES string of the molecule is CNC1CCCOc2c(OC)cc(C)cc21. The summed E-state index contributed by atoms with van der Waals surface area (Å²) in [5, 5.41) is 3.34. The molecule has 1 aromatic carbocycles. The van der Waals surface area contributed by atoms with Gasteiger partial charge in [-0.25, -0.2) is 0 Å². The second kappa shape index (κ2) is 4.74. The molecule has 1 unspecified atom stereocenters. The van der Waals surface area contributed by atoms with Crippen LogP contribution in [0.3, 0.4) is 0 Å². The van der Waals surface area contributed by atoms with Crippen LogP contribution in [0.4, 0.5) is 0 Å². The normalized spacial score (nSPS) is 19.6. The van der Waals surface area contributed by atoms with Gasteiger partial charge in [0.2, 0.25) is 0 Å². The van der Waals surface area contributed by atoms with Crippen molar-refractivity contribution in [3.63, 3.8) is 0 Å². The van der Waals surface area contributed by atoms with Crippen LogP contribution in [0.2, 0.25) is 0 Å². The average molecular weight is 221 g/mol. The molecule has 3 heteroatoms. The summed E-state index contributed by atoms with van der Waals surface area (Å²) in [4.78, 5) is 0. The molecule has 0 radical (unpaired) electrons. The molecule has 1 aliphatic rings. The smallest absolute Gasteiger partial charge is 0.165 e. The maximum atomic E-state index is 5.79. The van der Waals surface area contributed by atoms with Crippen LogP contribution >= 0.6 is 0 Å². The first-order valence-electron chi connectivity index (χ1n) is 5.75. The average Bonchev–Trinajstić information content (AvgIpc) is 2.49. The minimum atomic E-state index is 0.367. The molecule has 1 heterocycles. The van der Waals surface area contributed by atoms with Gasteiger partial charge in [-0.05, 0) is 38.4 Å². The Morgan fingerprint density at radius 2 is 2.25 bits per heavy atom. The lowest BCUT2D eigenvalue weighted by molar-refractivity contribution is 0.294. The van der Waals surface area contributed by atoms with E-state index in [1.807, 2.05) is 13.1 Å². The van der Waals surface area contributed by atoms with E-state index in [9.17, 15) is 0 Å². The molecule has 0 fully saturated rings. The first kappa shape index (κ1) is 11.3. The Kier molecular flexibility index (Phi) is 3.34. The van der Waals surface area contributed by atoms with E-state index in [0.717, 1.165) is 30.9 Å². The van der Waals surface area contributed by atoms with Crippen molar-refractivity contribution < 1.29 is 9.47 Å². The van der Waals surface area contributed by atoms with Crippen molar-refractivity contribution in [1.82, 2.24) is 5.32 Å². The zero-order chi connectivity index (χ0) is 11.5. The summed E-state index contributed by atoms with van der Waals surface area (Å²) in [7, 11) is 3.69. The Morgan fingerprint density at radius 3 is 2.94 bits per heavy atom.